The fraction of sp³-hybridized carbons (Fsp3) is 0.320. The van der Waals surface area contributed by atoms with Crippen LogP contribution in [0.15, 0.2) is 52.5 Å². The Kier molecular flexibility index (Phi) is 5.71. The normalized spacial score (nSPS) is 21.6. The molecule has 0 unspecified atom stereocenters. The van der Waals surface area contributed by atoms with Crippen molar-refractivity contribution in [3.8, 4) is 0 Å². The molecular weight excluding hydrogens is 470 g/mol. The fourth-order valence-electron chi connectivity index (χ4n) is 4.85. The number of amides is 4. The highest BCUT2D eigenvalue weighted by atomic mass is 79.9. The smallest absolute Gasteiger partial charge is 0.335 e. The maximum absolute atomic E-state index is 13.1. The summed E-state index contributed by atoms with van der Waals surface area (Å²) in [5.74, 6) is -0.975. The number of nitrogens with zero attached hydrogens (tertiary/aromatic N) is 2. The highest BCUT2D eigenvalue weighted by Gasteiger charge is 2.38. The molecular formula is C25H26BrN3O3. The van der Waals surface area contributed by atoms with Crippen molar-refractivity contribution in [2.75, 3.05) is 16.3 Å². The molecule has 4 rings (SSSR count). The van der Waals surface area contributed by atoms with Crippen molar-refractivity contribution in [3.63, 3.8) is 0 Å². The van der Waals surface area contributed by atoms with Crippen LogP contribution in [0.5, 0.6) is 0 Å². The summed E-state index contributed by atoms with van der Waals surface area (Å²) in [6.07, 6.45) is 2.58. The van der Waals surface area contributed by atoms with E-state index in [1.165, 1.54) is 11.3 Å². The highest BCUT2D eigenvalue weighted by molar-refractivity contribution is 9.10. The molecule has 0 aliphatic carbocycles. The Bertz CT molecular complexity index is 1140. The lowest BCUT2D eigenvalue weighted by molar-refractivity contribution is -0.122. The average molecular weight is 496 g/mol. The number of carbonyl (C=O) groups is 3. The number of nitrogens with one attached hydrogen (secondary N) is 1. The SMILES string of the molecule is CCN1c2ccc(/C=C3\C(=O)NC(=O)N(c4ccc(Br)cc4)C3=O)cc2[C@@H](C)CC1(C)C. The molecule has 1 N–H and O–H groups in total. The Hall–Kier alpha value is -2.93. The molecule has 2 aliphatic heterocycles. The van der Waals surface area contributed by atoms with E-state index in [1.807, 2.05) is 12.1 Å². The van der Waals surface area contributed by atoms with Gasteiger partial charge in [0, 0.05) is 22.2 Å². The van der Waals surface area contributed by atoms with E-state index in [9.17, 15) is 14.4 Å². The van der Waals surface area contributed by atoms with E-state index in [2.05, 4.69) is 59.9 Å². The Labute approximate surface area is 196 Å². The minimum atomic E-state index is -0.751. The minimum absolute atomic E-state index is 0.0614. The third-order valence-corrected chi connectivity index (χ3v) is 6.75. The second kappa shape index (κ2) is 8.20. The molecule has 1 atom stereocenters. The van der Waals surface area contributed by atoms with Gasteiger partial charge >= 0.3 is 6.03 Å². The van der Waals surface area contributed by atoms with E-state index in [0.29, 0.717) is 11.6 Å². The van der Waals surface area contributed by atoms with Gasteiger partial charge in [-0.05, 0) is 86.7 Å². The number of barbiturate groups is 1. The van der Waals surface area contributed by atoms with Crippen LogP contribution in [0, 0.1) is 0 Å². The van der Waals surface area contributed by atoms with Crippen LogP contribution in [0.4, 0.5) is 16.2 Å². The molecule has 2 aromatic carbocycles. The summed E-state index contributed by atoms with van der Waals surface area (Å²) in [7, 11) is 0. The number of urea groups is 1. The lowest BCUT2D eigenvalue weighted by Crippen LogP contribution is -2.54. The standard InChI is InChI=1S/C25H26BrN3O3/c1-5-28-21-11-6-16(12-19(21)15(2)14-25(28,3)4)13-20-22(30)27-24(32)29(23(20)31)18-9-7-17(26)8-10-18/h6-13,15H,5,14H2,1-4H3,(H,27,30,32)/b20-13+/t15-/m0/s1. The molecule has 7 heteroatoms. The zero-order chi connectivity index (χ0) is 23.2. The number of benzene rings is 2. The average Bonchev–Trinajstić information content (AvgIpc) is 2.72. The van der Waals surface area contributed by atoms with E-state index in [0.717, 1.165) is 27.9 Å². The van der Waals surface area contributed by atoms with Crippen molar-refractivity contribution >= 4 is 51.2 Å². The van der Waals surface area contributed by atoms with Crippen molar-refractivity contribution in [2.45, 2.75) is 45.6 Å². The van der Waals surface area contributed by atoms with Crippen LogP contribution in [0.1, 0.15) is 51.2 Å². The molecule has 32 heavy (non-hydrogen) atoms. The Balaban J connectivity index is 1.72. The first kappa shape index (κ1) is 22.3. The van der Waals surface area contributed by atoms with Crippen LogP contribution in [-0.4, -0.2) is 29.9 Å². The second-order valence-corrected chi connectivity index (χ2v) is 9.83. The van der Waals surface area contributed by atoms with Gasteiger partial charge in [0.05, 0.1) is 5.69 Å². The van der Waals surface area contributed by atoms with E-state index < -0.39 is 17.8 Å². The topological polar surface area (TPSA) is 69.7 Å². The third kappa shape index (κ3) is 3.86. The highest BCUT2D eigenvalue weighted by Crippen LogP contribution is 2.43. The molecule has 2 aliphatic rings. The van der Waals surface area contributed by atoms with Gasteiger partial charge < -0.3 is 4.90 Å². The zero-order valence-electron chi connectivity index (χ0n) is 18.6. The van der Waals surface area contributed by atoms with Gasteiger partial charge in [0.25, 0.3) is 11.8 Å². The monoisotopic (exact) mass is 495 g/mol. The van der Waals surface area contributed by atoms with Gasteiger partial charge in [-0.1, -0.05) is 28.9 Å². The Morgan fingerprint density at radius 3 is 2.47 bits per heavy atom. The summed E-state index contributed by atoms with van der Waals surface area (Å²) in [5, 5.41) is 2.28. The molecule has 4 amide bonds. The molecule has 1 saturated heterocycles. The minimum Gasteiger partial charge on any atom is -0.366 e. The Morgan fingerprint density at radius 2 is 1.81 bits per heavy atom. The van der Waals surface area contributed by atoms with Crippen LogP contribution in [-0.2, 0) is 9.59 Å². The maximum atomic E-state index is 13.1. The first-order valence-corrected chi connectivity index (χ1v) is 11.5. The van der Waals surface area contributed by atoms with Gasteiger partial charge in [0.15, 0.2) is 0 Å². The number of rotatable bonds is 3. The van der Waals surface area contributed by atoms with Gasteiger partial charge in [-0.15, -0.1) is 0 Å². The first-order valence-electron chi connectivity index (χ1n) is 10.7. The largest absolute Gasteiger partial charge is 0.366 e. The summed E-state index contributed by atoms with van der Waals surface area (Å²) in [5.41, 5.74) is 3.54. The van der Waals surface area contributed by atoms with Crippen LogP contribution in [0.2, 0.25) is 0 Å². The van der Waals surface area contributed by atoms with Crippen molar-refractivity contribution in [2.24, 2.45) is 0 Å². The van der Waals surface area contributed by atoms with Gasteiger partial charge in [0.1, 0.15) is 5.57 Å². The molecule has 0 saturated carbocycles. The summed E-state index contributed by atoms with van der Waals surface area (Å²) in [4.78, 5) is 41.4. The third-order valence-electron chi connectivity index (χ3n) is 6.22. The van der Waals surface area contributed by atoms with Crippen LogP contribution in [0.25, 0.3) is 6.08 Å². The molecule has 166 valence electrons. The van der Waals surface area contributed by atoms with Gasteiger partial charge in [-0.2, -0.15) is 0 Å². The maximum Gasteiger partial charge on any atom is 0.335 e. The van der Waals surface area contributed by atoms with Crippen molar-refractivity contribution in [3.05, 3.63) is 63.6 Å². The van der Waals surface area contributed by atoms with Gasteiger partial charge in [-0.3, -0.25) is 14.9 Å². The molecule has 0 radical (unpaired) electrons. The number of imide groups is 2. The van der Waals surface area contributed by atoms with Crippen molar-refractivity contribution in [1.29, 1.82) is 0 Å². The molecule has 0 bridgehead atoms. The van der Waals surface area contributed by atoms with Crippen LogP contribution < -0.4 is 15.1 Å². The van der Waals surface area contributed by atoms with Gasteiger partial charge in [0.2, 0.25) is 0 Å². The quantitative estimate of drug-likeness (QED) is 0.467. The van der Waals surface area contributed by atoms with Crippen molar-refractivity contribution < 1.29 is 14.4 Å². The summed E-state index contributed by atoms with van der Waals surface area (Å²) in [6, 6.07) is 12.1. The number of hydrogen-bond donors (Lipinski definition) is 1. The molecule has 6 nitrogen and oxygen atoms in total. The van der Waals surface area contributed by atoms with E-state index >= 15 is 0 Å². The van der Waals surface area contributed by atoms with Gasteiger partial charge in [-0.25, -0.2) is 9.69 Å². The van der Waals surface area contributed by atoms with Crippen LogP contribution >= 0.6 is 15.9 Å². The summed E-state index contributed by atoms with van der Waals surface area (Å²) >= 11 is 3.34. The number of halogens is 1. The molecule has 0 aromatic heterocycles. The summed E-state index contributed by atoms with van der Waals surface area (Å²) < 4.78 is 0.824. The first-order chi connectivity index (χ1) is 15.1. The molecule has 2 aromatic rings. The number of fused-ring (bicyclic) bond motifs is 1. The molecule has 2 heterocycles. The fourth-order valence-corrected chi connectivity index (χ4v) is 5.11. The van der Waals surface area contributed by atoms with E-state index in [1.54, 1.807) is 30.3 Å². The second-order valence-electron chi connectivity index (χ2n) is 8.91. The van der Waals surface area contributed by atoms with E-state index in [4.69, 9.17) is 0 Å². The Morgan fingerprint density at radius 1 is 1.12 bits per heavy atom. The zero-order valence-corrected chi connectivity index (χ0v) is 20.2. The van der Waals surface area contributed by atoms with E-state index in [-0.39, 0.29) is 11.1 Å². The number of anilines is 2. The number of hydrogen-bond acceptors (Lipinski definition) is 4. The van der Waals surface area contributed by atoms with Crippen LogP contribution in [0.3, 0.4) is 0 Å². The molecule has 1 fully saturated rings. The van der Waals surface area contributed by atoms with Crippen molar-refractivity contribution in [1.82, 2.24) is 5.32 Å². The lowest BCUT2D eigenvalue weighted by Gasteiger charge is -2.47. The predicted octanol–water partition coefficient (Wildman–Crippen LogP) is 5.23. The predicted molar refractivity (Wildman–Crippen MR) is 130 cm³/mol. The summed E-state index contributed by atoms with van der Waals surface area (Å²) in [6.45, 7) is 9.76. The lowest BCUT2D eigenvalue weighted by atomic mass is 9.79. The number of carbonyl (C=O) groups excluding carboxylic acids is 3. The molecule has 0 spiro atoms.